The Labute approximate surface area is 172 Å². The first kappa shape index (κ1) is 20.2. The molecule has 0 spiro atoms. The van der Waals surface area contributed by atoms with E-state index in [1.807, 2.05) is 42.5 Å². The second-order valence-corrected chi connectivity index (χ2v) is 8.03. The number of thioether (sulfide) groups is 2. The summed E-state index contributed by atoms with van der Waals surface area (Å²) in [5.74, 6) is 0.930. The van der Waals surface area contributed by atoms with Crippen LogP contribution >= 0.6 is 23.5 Å². The number of para-hydroxylation sites is 1. The number of allylic oxidation sites excluding steroid dienone is 1. The van der Waals surface area contributed by atoms with Gasteiger partial charge in [-0.1, -0.05) is 48.2 Å². The predicted molar refractivity (Wildman–Crippen MR) is 117 cm³/mol. The monoisotopic (exact) mass is 411 g/mol. The van der Waals surface area contributed by atoms with Crippen LogP contribution < -0.4 is 10.9 Å². The summed E-state index contributed by atoms with van der Waals surface area (Å²) in [7, 11) is 0. The van der Waals surface area contributed by atoms with E-state index in [1.165, 1.54) is 16.7 Å². The zero-order valence-electron chi connectivity index (χ0n) is 15.3. The number of amides is 1. The number of nitrogens with one attached hydrogen (secondary N) is 1. The molecule has 3 aromatic rings. The van der Waals surface area contributed by atoms with Gasteiger partial charge in [0.1, 0.15) is 0 Å². The molecule has 0 fully saturated rings. The number of carbonyl (C=O) groups excluding carboxylic acids is 1. The number of hydrogen-bond acceptors (Lipinski definition) is 5. The first-order valence-electron chi connectivity index (χ1n) is 8.87. The smallest absolute Gasteiger partial charge is 0.262 e. The SMILES string of the molecule is C=CCn1c(SCC(=O)NCCSc2ccccc2)nc2ccccc2c1=O. The number of nitrogens with zero attached hydrogens (tertiary/aromatic N) is 2. The quantitative estimate of drug-likeness (QED) is 0.252. The van der Waals surface area contributed by atoms with Gasteiger partial charge in [0.2, 0.25) is 5.91 Å². The van der Waals surface area contributed by atoms with Crippen LogP contribution in [0.5, 0.6) is 0 Å². The lowest BCUT2D eigenvalue weighted by atomic mass is 10.2. The number of rotatable bonds is 9. The van der Waals surface area contributed by atoms with Crippen molar-refractivity contribution in [3.63, 3.8) is 0 Å². The summed E-state index contributed by atoms with van der Waals surface area (Å²) in [6, 6.07) is 17.3. The normalized spacial score (nSPS) is 10.7. The van der Waals surface area contributed by atoms with Gasteiger partial charge in [0.25, 0.3) is 5.56 Å². The fourth-order valence-electron chi connectivity index (χ4n) is 2.61. The fraction of sp³-hybridized carbons (Fsp3) is 0.190. The molecule has 1 N–H and O–H groups in total. The van der Waals surface area contributed by atoms with Crippen molar-refractivity contribution in [2.45, 2.75) is 16.6 Å². The van der Waals surface area contributed by atoms with Crippen LogP contribution in [0.25, 0.3) is 10.9 Å². The van der Waals surface area contributed by atoms with Crippen molar-refractivity contribution in [3.05, 3.63) is 77.6 Å². The highest BCUT2D eigenvalue weighted by Gasteiger charge is 2.12. The summed E-state index contributed by atoms with van der Waals surface area (Å²) in [5, 5.41) is 4.00. The van der Waals surface area contributed by atoms with E-state index < -0.39 is 0 Å². The Bertz CT molecular complexity index is 1020. The summed E-state index contributed by atoms with van der Waals surface area (Å²) in [4.78, 5) is 30.6. The van der Waals surface area contributed by atoms with Gasteiger partial charge >= 0.3 is 0 Å². The molecule has 0 unspecified atom stereocenters. The number of benzene rings is 2. The molecule has 5 nitrogen and oxygen atoms in total. The minimum absolute atomic E-state index is 0.0776. The number of aromatic nitrogens is 2. The van der Waals surface area contributed by atoms with Crippen molar-refractivity contribution in [1.82, 2.24) is 14.9 Å². The van der Waals surface area contributed by atoms with Crippen molar-refractivity contribution in [1.29, 1.82) is 0 Å². The van der Waals surface area contributed by atoms with Gasteiger partial charge < -0.3 is 5.32 Å². The van der Waals surface area contributed by atoms with Crippen LogP contribution in [0.15, 0.2) is 82.1 Å². The van der Waals surface area contributed by atoms with Crippen molar-refractivity contribution in [2.75, 3.05) is 18.1 Å². The van der Waals surface area contributed by atoms with Crippen molar-refractivity contribution in [3.8, 4) is 0 Å². The van der Waals surface area contributed by atoms with Gasteiger partial charge in [0, 0.05) is 23.7 Å². The van der Waals surface area contributed by atoms with Crippen LogP contribution in [0.3, 0.4) is 0 Å². The predicted octanol–water partition coefficient (Wildman–Crippen LogP) is 3.58. The molecule has 1 heterocycles. The lowest BCUT2D eigenvalue weighted by Crippen LogP contribution is -2.28. The van der Waals surface area contributed by atoms with E-state index in [4.69, 9.17) is 0 Å². The van der Waals surface area contributed by atoms with E-state index in [9.17, 15) is 9.59 Å². The van der Waals surface area contributed by atoms with Crippen LogP contribution in [-0.2, 0) is 11.3 Å². The summed E-state index contributed by atoms with van der Waals surface area (Å²) in [6.45, 7) is 4.65. The maximum Gasteiger partial charge on any atom is 0.262 e. The van der Waals surface area contributed by atoms with Crippen LogP contribution in [-0.4, -0.2) is 33.5 Å². The van der Waals surface area contributed by atoms with E-state index >= 15 is 0 Å². The Kier molecular flexibility index (Phi) is 7.33. The van der Waals surface area contributed by atoms with Gasteiger partial charge in [0.05, 0.1) is 16.7 Å². The molecule has 7 heteroatoms. The fourth-order valence-corrected chi connectivity index (χ4v) is 4.23. The minimum Gasteiger partial charge on any atom is -0.355 e. The number of fused-ring (bicyclic) bond motifs is 1. The summed E-state index contributed by atoms with van der Waals surface area (Å²) < 4.78 is 1.55. The van der Waals surface area contributed by atoms with E-state index in [0.29, 0.717) is 29.1 Å². The molecule has 2 aromatic carbocycles. The Morgan fingerprint density at radius 1 is 1.11 bits per heavy atom. The minimum atomic E-state index is -0.118. The third-order valence-corrected chi connectivity index (χ3v) is 5.90. The Balaban J connectivity index is 1.58. The van der Waals surface area contributed by atoms with Crippen LogP contribution in [0.4, 0.5) is 0 Å². The van der Waals surface area contributed by atoms with Gasteiger partial charge in [-0.25, -0.2) is 4.98 Å². The Morgan fingerprint density at radius 2 is 1.86 bits per heavy atom. The maximum atomic E-state index is 12.7. The van der Waals surface area contributed by atoms with E-state index in [-0.39, 0.29) is 17.2 Å². The Morgan fingerprint density at radius 3 is 2.64 bits per heavy atom. The zero-order chi connectivity index (χ0) is 19.8. The highest BCUT2D eigenvalue weighted by Crippen LogP contribution is 2.18. The molecule has 28 heavy (non-hydrogen) atoms. The second-order valence-electron chi connectivity index (χ2n) is 5.92. The second kappa shape index (κ2) is 10.1. The van der Waals surface area contributed by atoms with Crippen LogP contribution in [0.1, 0.15) is 0 Å². The van der Waals surface area contributed by atoms with E-state index in [1.54, 1.807) is 34.5 Å². The first-order valence-corrected chi connectivity index (χ1v) is 10.8. The largest absolute Gasteiger partial charge is 0.355 e. The molecule has 1 amide bonds. The topological polar surface area (TPSA) is 64.0 Å². The first-order chi connectivity index (χ1) is 13.7. The number of carbonyl (C=O) groups is 1. The van der Waals surface area contributed by atoms with Crippen molar-refractivity contribution in [2.24, 2.45) is 0 Å². The third kappa shape index (κ3) is 5.27. The molecule has 0 saturated carbocycles. The summed E-state index contributed by atoms with van der Waals surface area (Å²) >= 11 is 2.96. The average Bonchev–Trinajstić information content (AvgIpc) is 2.73. The highest BCUT2D eigenvalue weighted by molar-refractivity contribution is 7.99. The molecular formula is C21H21N3O2S2. The molecule has 3 rings (SSSR count). The standard InChI is InChI=1S/C21H21N3O2S2/c1-2-13-24-20(26)17-10-6-7-11-18(17)23-21(24)28-15-19(25)22-12-14-27-16-8-4-3-5-9-16/h2-11H,1,12-15H2,(H,22,25). The zero-order valence-corrected chi connectivity index (χ0v) is 17.0. The van der Waals surface area contributed by atoms with Crippen molar-refractivity contribution < 1.29 is 4.79 Å². The molecule has 0 radical (unpaired) electrons. The van der Waals surface area contributed by atoms with Gasteiger partial charge in [-0.15, -0.1) is 18.3 Å². The molecule has 0 aliphatic rings. The van der Waals surface area contributed by atoms with E-state index in [2.05, 4.69) is 16.9 Å². The summed E-state index contributed by atoms with van der Waals surface area (Å²) in [5.41, 5.74) is 0.516. The average molecular weight is 412 g/mol. The van der Waals surface area contributed by atoms with Gasteiger partial charge in [-0.2, -0.15) is 0 Å². The maximum absolute atomic E-state index is 12.7. The molecule has 1 aromatic heterocycles. The van der Waals surface area contributed by atoms with Crippen LogP contribution in [0.2, 0.25) is 0 Å². The molecule has 0 bridgehead atoms. The Hall–Kier alpha value is -2.51. The summed E-state index contributed by atoms with van der Waals surface area (Å²) in [6.07, 6.45) is 1.66. The van der Waals surface area contributed by atoms with Gasteiger partial charge in [-0.05, 0) is 24.3 Å². The van der Waals surface area contributed by atoms with Crippen LogP contribution in [0, 0.1) is 0 Å². The molecule has 144 valence electrons. The highest BCUT2D eigenvalue weighted by atomic mass is 32.2. The molecule has 0 saturated heterocycles. The van der Waals surface area contributed by atoms with E-state index in [0.717, 1.165) is 5.75 Å². The molecule has 0 aliphatic carbocycles. The van der Waals surface area contributed by atoms with Gasteiger partial charge in [0.15, 0.2) is 5.16 Å². The molecular weight excluding hydrogens is 390 g/mol. The van der Waals surface area contributed by atoms with Gasteiger partial charge in [-0.3, -0.25) is 14.2 Å². The lowest BCUT2D eigenvalue weighted by Gasteiger charge is -2.11. The lowest BCUT2D eigenvalue weighted by molar-refractivity contribution is -0.118. The molecule has 0 aliphatic heterocycles. The third-order valence-electron chi connectivity index (χ3n) is 3.91. The number of hydrogen-bond donors (Lipinski definition) is 1. The molecule has 0 atom stereocenters. The van der Waals surface area contributed by atoms with Crippen molar-refractivity contribution >= 4 is 40.3 Å².